The number of amides is 1. The summed E-state index contributed by atoms with van der Waals surface area (Å²) in [5.41, 5.74) is 2.69. The average molecular weight is 456 g/mol. The normalized spacial score (nSPS) is 11.8. The Morgan fingerprint density at radius 2 is 1.84 bits per heavy atom. The average Bonchev–Trinajstić information content (AvgIpc) is 2.81. The molecule has 8 heteroatoms. The molecule has 168 valence electrons. The van der Waals surface area contributed by atoms with Gasteiger partial charge in [-0.05, 0) is 17.2 Å². The number of aromatic nitrogens is 1. The summed E-state index contributed by atoms with van der Waals surface area (Å²) in [5.74, 6) is -0.171. The van der Waals surface area contributed by atoms with Crippen LogP contribution in [0.3, 0.4) is 0 Å². The van der Waals surface area contributed by atoms with Crippen LogP contribution in [0.2, 0.25) is 5.02 Å². The number of hydrogen-bond acceptors (Lipinski definition) is 6. The Bertz CT molecular complexity index is 1070. The van der Waals surface area contributed by atoms with Crippen molar-refractivity contribution in [2.45, 2.75) is 20.1 Å². The molecule has 1 atom stereocenters. The van der Waals surface area contributed by atoms with E-state index in [9.17, 15) is 9.90 Å². The van der Waals surface area contributed by atoms with E-state index in [1.54, 1.807) is 18.2 Å². The van der Waals surface area contributed by atoms with Gasteiger partial charge in [0.05, 0.1) is 0 Å². The van der Waals surface area contributed by atoms with E-state index in [-0.39, 0.29) is 36.6 Å². The number of likely N-dealkylation sites (N-methyl/N-ethyl adjacent to an activating group) is 1. The first kappa shape index (κ1) is 24.8. The fourth-order valence-corrected chi connectivity index (χ4v) is 3.20. The first-order valence-corrected chi connectivity index (χ1v) is 9.85. The van der Waals surface area contributed by atoms with Gasteiger partial charge in [0, 0.05) is 24.4 Å². The summed E-state index contributed by atoms with van der Waals surface area (Å²) in [6, 6.07) is 18.0. The molecule has 0 saturated carbocycles. The molecule has 1 aromatic heterocycles. The monoisotopic (exact) mass is 455 g/mol. The number of carbonyl (C=O) groups excluding carboxylic acids is 1. The molecule has 32 heavy (non-hydrogen) atoms. The molecule has 0 radical (unpaired) electrons. The number of benzene rings is 2. The van der Waals surface area contributed by atoms with Gasteiger partial charge in [0.1, 0.15) is 24.8 Å². The highest BCUT2D eigenvalue weighted by atomic mass is 35.5. The predicted octanol–water partition coefficient (Wildman–Crippen LogP) is 4.13. The van der Waals surface area contributed by atoms with Gasteiger partial charge in [0.15, 0.2) is 5.71 Å². The molecule has 3 aromatic rings. The van der Waals surface area contributed by atoms with Crippen LogP contribution >= 0.6 is 11.6 Å². The van der Waals surface area contributed by atoms with Gasteiger partial charge in [-0.1, -0.05) is 78.8 Å². The van der Waals surface area contributed by atoms with Gasteiger partial charge in [0.25, 0.3) is 5.91 Å². The zero-order chi connectivity index (χ0) is 22.2. The molecule has 0 spiro atoms. The smallest absolute Gasteiger partial charge is 0.273 e. The number of aliphatic hydroxyl groups is 1. The maximum absolute atomic E-state index is 12.2. The first-order chi connectivity index (χ1) is 15.0. The first-order valence-electron chi connectivity index (χ1n) is 9.48. The number of aliphatic hydroxyl groups excluding tert-OH is 1. The molecule has 3 rings (SSSR count). The third kappa shape index (κ3) is 5.84. The summed E-state index contributed by atoms with van der Waals surface area (Å²) >= 11 is 6.35. The lowest BCUT2D eigenvalue weighted by Crippen LogP contribution is -2.29. The second kappa shape index (κ2) is 11.8. The highest BCUT2D eigenvalue weighted by Gasteiger charge is 2.18. The number of nitrogens with zero attached hydrogens (tertiary/aromatic N) is 2. The van der Waals surface area contributed by atoms with Crippen LogP contribution < -0.4 is 10.1 Å². The Morgan fingerprint density at radius 1 is 1.16 bits per heavy atom. The molecule has 0 fully saturated rings. The number of ether oxygens (including phenoxy) is 1. The highest BCUT2D eigenvalue weighted by Crippen LogP contribution is 2.29. The molecule has 0 bridgehead atoms. The number of oxime groups is 1. The summed E-state index contributed by atoms with van der Waals surface area (Å²) in [4.78, 5) is 21.3. The van der Waals surface area contributed by atoms with E-state index in [1.165, 1.54) is 20.4 Å². The zero-order valence-corrected chi connectivity index (χ0v) is 17.8. The second-order valence-corrected chi connectivity index (χ2v) is 6.92. The Morgan fingerprint density at radius 3 is 2.50 bits per heavy atom. The largest absolute Gasteiger partial charge is 0.472 e. The lowest BCUT2D eigenvalue weighted by Gasteiger charge is -2.14. The number of pyridine rings is 1. The maximum atomic E-state index is 12.2. The molecule has 7 nitrogen and oxygen atoms in total. The maximum Gasteiger partial charge on any atom is 0.273 e. The molecule has 1 unspecified atom stereocenters. The summed E-state index contributed by atoms with van der Waals surface area (Å²) < 4.78 is 5.79. The number of hydrogen-bond donors (Lipinski definition) is 2. The van der Waals surface area contributed by atoms with Crippen molar-refractivity contribution in [3.63, 3.8) is 0 Å². The minimum Gasteiger partial charge on any atom is -0.472 e. The van der Waals surface area contributed by atoms with E-state index in [0.29, 0.717) is 16.7 Å². The standard InChI is InChI=1S/C23H22ClN3O4.CH4/c1-25-22(29)20(27-30-2)18-11-7-6-10-16(18)14-31-23-19(24)12-17(13-26-23)21(28)15-8-4-3-5-9-15;/h3-13,21,28H,14H2,1-2H3,(H,25,29);1H4/b27-20-;. The Labute approximate surface area is 192 Å². The van der Waals surface area contributed by atoms with Crippen LogP contribution in [0.5, 0.6) is 5.88 Å². The van der Waals surface area contributed by atoms with E-state index in [2.05, 4.69) is 15.5 Å². The third-order valence-electron chi connectivity index (χ3n) is 4.52. The van der Waals surface area contributed by atoms with Gasteiger partial charge >= 0.3 is 0 Å². The van der Waals surface area contributed by atoms with Crippen molar-refractivity contribution in [3.05, 3.63) is 94.1 Å². The van der Waals surface area contributed by atoms with Crippen LogP contribution in [0, 0.1) is 0 Å². The SMILES string of the molecule is C.CNC(=O)/C(=N\OC)c1ccccc1COc1ncc(C(O)c2ccccc2)cc1Cl. The van der Waals surface area contributed by atoms with Crippen molar-refractivity contribution in [2.24, 2.45) is 5.16 Å². The molecule has 0 saturated heterocycles. The highest BCUT2D eigenvalue weighted by molar-refractivity contribution is 6.45. The number of nitrogens with one attached hydrogen (secondary N) is 1. The van der Waals surface area contributed by atoms with E-state index >= 15 is 0 Å². The van der Waals surface area contributed by atoms with Crippen molar-refractivity contribution in [1.82, 2.24) is 10.3 Å². The van der Waals surface area contributed by atoms with Crippen molar-refractivity contribution >= 4 is 23.2 Å². The third-order valence-corrected chi connectivity index (χ3v) is 4.79. The fourth-order valence-electron chi connectivity index (χ4n) is 2.97. The topological polar surface area (TPSA) is 93.0 Å². The van der Waals surface area contributed by atoms with Crippen molar-refractivity contribution in [3.8, 4) is 5.88 Å². The number of carbonyl (C=O) groups is 1. The minimum atomic E-state index is -0.846. The Kier molecular flexibility index (Phi) is 9.19. The molecular weight excluding hydrogens is 430 g/mol. The van der Waals surface area contributed by atoms with E-state index in [1.807, 2.05) is 42.5 Å². The lowest BCUT2D eigenvalue weighted by molar-refractivity contribution is -0.114. The van der Waals surface area contributed by atoms with E-state index in [0.717, 1.165) is 5.56 Å². The van der Waals surface area contributed by atoms with Gasteiger partial charge in [-0.2, -0.15) is 0 Å². The Balaban J connectivity index is 0.00000363. The summed E-state index contributed by atoms with van der Waals surface area (Å²) in [7, 11) is 2.89. The summed E-state index contributed by atoms with van der Waals surface area (Å²) in [5, 5.41) is 17.2. The fraction of sp³-hybridized carbons (Fsp3) is 0.208. The summed E-state index contributed by atoms with van der Waals surface area (Å²) in [6.45, 7) is 0.100. The van der Waals surface area contributed by atoms with Crippen molar-refractivity contribution < 1.29 is 19.5 Å². The molecule has 1 heterocycles. The van der Waals surface area contributed by atoms with Crippen molar-refractivity contribution in [2.75, 3.05) is 14.2 Å². The number of halogens is 1. The Hall–Kier alpha value is -3.42. The predicted molar refractivity (Wildman–Crippen MR) is 125 cm³/mol. The second-order valence-electron chi connectivity index (χ2n) is 6.52. The molecule has 2 aromatic carbocycles. The van der Waals surface area contributed by atoms with E-state index < -0.39 is 6.10 Å². The number of rotatable bonds is 8. The molecule has 0 aliphatic carbocycles. The van der Waals surface area contributed by atoms with Crippen LogP contribution in [-0.2, 0) is 16.2 Å². The van der Waals surface area contributed by atoms with Crippen LogP contribution in [0.1, 0.15) is 35.8 Å². The quantitative estimate of drug-likeness (QED) is 0.393. The van der Waals surface area contributed by atoms with Crippen LogP contribution in [0.15, 0.2) is 72.0 Å². The van der Waals surface area contributed by atoms with Gasteiger partial charge in [-0.3, -0.25) is 4.79 Å². The van der Waals surface area contributed by atoms with E-state index in [4.69, 9.17) is 21.2 Å². The molecule has 0 aliphatic rings. The van der Waals surface area contributed by atoms with Gasteiger partial charge in [0.2, 0.25) is 5.88 Å². The zero-order valence-electron chi connectivity index (χ0n) is 17.1. The van der Waals surface area contributed by atoms with Gasteiger partial charge in [-0.25, -0.2) is 4.98 Å². The molecule has 2 N–H and O–H groups in total. The molecule has 1 amide bonds. The van der Waals surface area contributed by atoms with Crippen LogP contribution in [0.4, 0.5) is 0 Å². The van der Waals surface area contributed by atoms with Gasteiger partial charge in [-0.15, -0.1) is 0 Å². The van der Waals surface area contributed by atoms with Gasteiger partial charge < -0.3 is 20.0 Å². The molecule has 0 aliphatic heterocycles. The van der Waals surface area contributed by atoms with Crippen molar-refractivity contribution in [1.29, 1.82) is 0 Å². The van der Waals surface area contributed by atoms with Crippen LogP contribution in [0.25, 0.3) is 0 Å². The summed E-state index contributed by atoms with van der Waals surface area (Å²) in [6.07, 6.45) is 0.675. The lowest BCUT2D eigenvalue weighted by atomic mass is 10.0. The molecular formula is C24H26ClN3O4. The minimum absolute atomic E-state index is 0. The van der Waals surface area contributed by atoms with Crippen LogP contribution in [-0.4, -0.2) is 35.9 Å².